The van der Waals surface area contributed by atoms with Crippen LogP contribution in [0.5, 0.6) is 0 Å². The molecule has 0 aliphatic carbocycles. The molecule has 0 heterocycles. The van der Waals surface area contributed by atoms with Crippen LogP contribution in [-0.4, -0.2) is 12.3 Å². The zero-order valence-corrected chi connectivity index (χ0v) is 12.0. The number of hydrogen-bond acceptors (Lipinski definition) is 1. The Morgan fingerprint density at radius 2 is 1.47 bits per heavy atom. The van der Waals surface area contributed by atoms with Crippen molar-refractivity contribution in [2.75, 3.05) is 6.54 Å². The van der Waals surface area contributed by atoms with E-state index in [4.69, 9.17) is 4.99 Å². The van der Waals surface area contributed by atoms with Gasteiger partial charge in [-0.15, -0.1) is 0 Å². The lowest BCUT2D eigenvalue weighted by Gasteiger charge is -2.24. The van der Waals surface area contributed by atoms with Gasteiger partial charge in [-0.25, -0.2) is 0 Å². The summed E-state index contributed by atoms with van der Waals surface area (Å²) in [7, 11) is 0. The van der Waals surface area contributed by atoms with Gasteiger partial charge in [0.25, 0.3) is 0 Å². The van der Waals surface area contributed by atoms with E-state index in [0.717, 1.165) is 6.54 Å². The molecule has 1 rings (SSSR count). The minimum atomic E-state index is 0.0899. The van der Waals surface area contributed by atoms with Gasteiger partial charge in [-0.1, -0.05) is 71.9 Å². The van der Waals surface area contributed by atoms with Crippen LogP contribution in [0.4, 0.5) is 0 Å². The third-order valence-corrected chi connectivity index (χ3v) is 2.47. The highest BCUT2D eigenvalue weighted by Gasteiger charge is 2.21. The molecule has 1 heteroatoms. The minimum absolute atomic E-state index is 0.0899. The van der Waals surface area contributed by atoms with Gasteiger partial charge in [0.05, 0.1) is 0 Å². The summed E-state index contributed by atoms with van der Waals surface area (Å²) >= 11 is 0. The molecular weight excluding hydrogens is 206 g/mol. The van der Waals surface area contributed by atoms with Crippen LogP contribution in [0.2, 0.25) is 0 Å². The van der Waals surface area contributed by atoms with E-state index < -0.39 is 0 Å². The molecule has 0 fully saturated rings. The zero-order valence-electron chi connectivity index (χ0n) is 12.0. The SMILES string of the molecule is CC(C)(C)CN=C(c1ccccc1)C(C)(C)C. The molecule has 0 unspecified atom stereocenters. The molecule has 0 bridgehead atoms. The Hall–Kier alpha value is -1.11. The molecule has 0 aromatic heterocycles. The highest BCUT2D eigenvalue weighted by Crippen LogP contribution is 2.23. The first kappa shape index (κ1) is 14.0. The Bertz CT molecular complexity index is 374. The summed E-state index contributed by atoms with van der Waals surface area (Å²) in [4.78, 5) is 4.85. The van der Waals surface area contributed by atoms with Crippen LogP contribution >= 0.6 is 0 Å². The van der Waals surface area contributed by atoms with E-state index in [1.54, 1.807) is 0 Å². The summed E-state index contributed by atoms with van der Waals surface area (Å²) in [6, 6.07) is 10.5. The molecule has 0 spiro atoms. The van der Waals surface area contributed by atoms with Crippen molar-refractivity contribution in [3.05, 3.63) is 35.9 Å². The van der Waals surface area contributed by atoms with Crippen molar-refractivity contribution in [3.8, 4) is 0 Å². The van der Waals surface area contributed by atoms with Crippen molar-refractivity contribution < 1.29 is 0 Å². The van der Waals surface area contributed by atoms with Crippen molar-refractivity contribution in [2.24, 2.45) is 15.8 Å². The summed E-state index contributed by atoms with van der Waals surface area (Å²) in [5.74, 6) is 0. The van der Waals surface area contributed by atoms with Gasteiger partial charge >= 0.3 is 0 Å². The molecule has 0 saturated carbocycles. The summed E-state index contributed by atoms with van der Waals surface area (Å²) in [6.45, 7) is 14.2. The average molecular weight is 231 g/mol. The van der Waals surface area contributed by atoms with Gasteiger partial charge in [-0.2, -0.15) is 0 Å². The van der Waals surface area contributed by atoms with Gasteiger partial charge in [0.1, 0.15) is 0 Å². The molecule has 0 amide bonds. The third kappa shape index (κ3) is 4.72. The van der Waals surface area contributed by atoms with E-state index in [-0.39, 0.29) is 10.8 Å². The maximum absolute atomic E-state index is 4.85. The van der Waals surface area contributed by atoms with Crippen LogP contribution in [0.3, 0.4) is 0 Å². The fraction of sp³-hybridized carbons (Fsp3) is 0.562. The Balaban J connectivity index is 3.07. The molecular formula is C16H25N. The minimum Gasteiger partial charge on any atom is -0.288 e. The molecule has 0 atom stereocenters. The first-order valence-corrected chi connectivity index (χ1v) is 6.30. The first-order chi connectivity index (χ1) is 7.70. The topological polar surface area (TPSA) is 12.4 Å². The lowest BCUT2D eigenvalue weighted by atomic mass is 9.85. The molecule has 1 aromatic carbocycles. The summed E-state index contributed by atoms with van der Waals surface area (Å²) in [6.07, 6.45) is 0. The van der Waals surface area contributed by atoms with Crippen LogP contribution in [-0.2, 0) is 0 Å². The monoisotopic (exact) mass is 231 g/mol. The average Bonchev–Trinajstić information content (AvgIpc) is 2.15. The Kier molecular flexibility index (Phi) is 4.13. The van der Waals surface area contributed by atoms with E-state index >= 15 is 0 Å². The second-order valence-electron chi connectivity index (χ2n) is 6.84. The fourth-order valence-electron chi connectivity index (χ4n) is 1.67. The maximum Gasteiger partial charge on any atom is 0.0474 e. The highest BCUT2D eigenvalue weighted by atomic mass is 14.8. The predicted molar refractivity (Wildman–Crippen MR) is 76.8 cm³/mol. The quantitative estimate of drug-likeness (QED) is 0.661. The second-order valence-corrected chi connectivity index (χ2v) is 6.84. The van der Waals surface area contributed by atoms with Gasteiger partial charge in [0.15, 0.2) is 0 Å². The van der Waals surface area contributed by atoms with Crippen molar-refractivity contribution in [2.45, 2.75) is 41.5 Å². The van der Waals surface area contributed by atoms with E-state index in [0.29, 0.717) is 0 Å². The smallest absolute Gasteiger partial charge is 0.0474 e. The van der Waals surface area contributed by atoms with Crippen molar-refractivity contribution >= 4 is 5.71 Å². The molecule has 0 aliphatic rings. The number of hydrogen-bond donors (Lipinski definition) is 0. The highest BCUT2D eigenvalue weighted by molar-refractivity contribution is 6.04. The number of nitrogens with zero attached hydrogens (tertiary/aromatic N) is 1. The lowest BCUT2D eigenvalue weighted by Crippen LogP contribution is -2.23. The summed E-state index contributed by atoms with van der Waals surface area (Å²) in [5, 5.41) is 0. The van der Waals surface area contributed by atoms with E-state index in [2.05, 4.69) is 65.8 Å². The van der Waals surface area contributed by atoms with Crippen molar-refractivity contribution in [3.63, 3.8) is 0 Å². The maximum atomic E-state index is 4.85. The van der Waals surface area contributed by atoms with Crippen LogP contribution in [0, 0.1) is 10.8 Å². The number of aliphatic imine (C=N–C) groups is 1. The fourth-order valence-corrected chi connectivity index (χ4v) is 1.67. The van der Waals surface area contributed by atoms with Gasteiger partial charge < -0.3 is 0 Å². The third-order valence-electron chi connectivity index (χ3n) is 2.47. The second kappa shape index (κ2) is 5.03. The zero-order chi connectivity index (χ0) is 13.1. The van der Waals surface area contributed by atoms with E-state index in [1.807, 2.05) is 6.07 Å². The summed E-state index contributed by atoms with van der Waals surface area (Å²) in [5.41, 5.74) is 2.77. The Labute approximate surface area is 106 Å². The summed E-state index contributed by atoms with van der Waals surface area (Å²) < 4.78 is 0. The molecule has 0 N–H and O–H groups in total. The first-order valence-electron chi connectivity index (χ1n) is 6.30. The van der Waals surface area contributed by atoms with Crippen LogP contribution in [0.1, 0.15) is 47.1 Å². The van der Waals surface area contributed by atoms with Crippen LogP contribution < -0.4 is 0 Å². The van der Waals surface area contributed by atoms with Crippen LogP contribution in [0.25, 0.3) is 0 Å². The number of rotatable bonds is 2. The Morgan fingerprint density at radius 1 is 0.941 bits per heavy atom. The van der Waals surface area contributed by atoms with Crippen molar-refractivity contribution in [1.82, 2.24) is 0 Å². The van der Waals surface area contributed by atoms with Crippen LogP contribution in [0.15, 0.2) is 35.3 Å². The van der Waals surface area contributed by atoms with E-state index in [1.165, 1.54) is 11.3 Å². The van der Waals surface area contributed by atoms with Gasteiger partial charge in [0.2, 0.25) is 0 Å². The normalized spacial score (nSPS) is 13.9. The lowest BCUT2D eigenvalue weighted by molar-refractivity contribution is 0.426. The van der Waals surface area contributed by atoms with Gasteiger partial charge in [-0.05, 0) is 11.0 Å². The van der Waals surface area contributed by atoms with Gasteiger partial charge in [0, 0.05) is 17.7 Å². The molecule has 94 valence electrons. The van der Waals surface area contributed by atoms with Gasteiger partial charge in [-0.3, -0.25) is 4.99 Å². The standard InChI is InChI=1S/C16H25N/c1-15(2,3)12-17-14(16(4,5)6)13-10-8-7-9-11-13/h7-11H,12H2,1-6H3. The molecule has 17 heavy (non-hydrogen) atoms. The molecule has 0 saturated heterocycles. The van der Waals surface area contributed by atoms with E-state index in [9.17, 15) is 0 Å². The molecule has 0 radical (unpaired) electrons. The molecule has 1 nitrogen and oxygen atoms in total. The van der Waals surface area contributed by atoms with Crippen molar-refractivity contribution in [1.29, 1.82) is 0 Å². The Morgan fingerprint density at radius 3 is 1.88 bits per heavy atom. The largest absolute Gasteiger partial charge is 0.288 e. The predicted octanol–water partition coefficient (Wildman–Crippen LogP) is 4.57. The molecule has 1 aromatic rings. The number of benzene rings is 1. The molecule has 0 aliphatic heterocycles.